The quantitative estimate of drug-likeness (QED) is 0.939. The van der Waals surface area contributed by atoms with Gasteiger partial charge in [-0.15, -0.1) is 0 Å². The number of anilines is 1. The van der Waals surface area contributed by atoms with Gasteiger partial charge in [-0.25, -0.2) is 9.97 Å². The highest BCUT2D eigenvalue weighted by molar-refractivity contribution is 5.92. The molecule has 1 aliphatic rings. The summed E-state index contributed by atoms with van der Waals surface area (Å²) in [6, 6.07) is 9.93. The van der Waals surface area contributed by atoms with E-state index in [9.17, 15) is 4.79 Å². The molecular formula is C19H24N4O. The van der Waals surface area contributed by atoms with Gasteiger partial charge in [0.05, 0.1) is 0 Å². The van der Waals surface area contributed by atoms with Crippen LogP contribution in [0.25, 0.3) is 0 Å². The summed E-state index contributed by atoms with van der Waals surface area (Å²) in [6.45, 7) is 6.78. The van der Waals surface area contributed by atoms with Crippen molar-refractivity contribution in [1.82, 2.24) is 15.3 Å². The standard InChI is InChI=1S/C19H24N4O/c1-14-5-7-16(8-6-14)11-20-19(24)17-10-18(22-13-21-17)23-9-3-4-15(2)12-23/h5-8,10,13,15H,3-4,9,11-12H2,1-2H3,(H,20,24). The van der Waals surface area contributed by atoms with Gasteiger partial charge in [-0.3, -0.25) is 4.79 Å². The first-order valence-corrected chi connectivity index (χ1v) is 8.52. The zero-order valence-corrected chi connectivity index (χ0v) is 14.3. The number of carbonyl (C=O) groups is 1. The number of nitrogens with one attached hydrogen (secondary N) is 1. The molecule has 5 nitrogen and oxygen atoms in total. The van der Waals surface area contributed by atoms with Crippen LogP contribution in [-0.2, 0) is 6.54 Å². The summed E-state index contributed by atoms with van der Waals surface area (Å²) in [5.74, 6) is 1.34. The molecule has 1 N–H and O–H groups in total. The lowest BCUT2D eigenvalue weighted by Crippen LogP contribution is -2.35. The highest BCUT2D eigenvalue weighted by atomic mass is 16.1. The molecule has 1 unspecified atom stereocenters. The summed E-state index contributed by atoms with van der Waals surface area (Å²) >= 11 is 0. The molecule has 0 radical (unpaired) electrons. The van der Waals surface area contributed by atoms with Gasteiger partial charge >= 0.3 is 0 Å². The van der Waals surface area contributed by atoms with Crippen LogP contribution in [0.2, 0.25) is 0 Å². The highest BCUT2D eigenvalue weighted by Crippen LogP contribution is 2.21. The van der Waals surface area contributed by atoms with E-state index in [0.717, 1.165) is 24.5 Å². The van der Waals surface area contributed by atoms with E-state index in [0.29, 0.717) is 18.2 Å². The van der Waals surface area contributed by atoms with Crippen LogP contribution in [0.4, 0.5) is 5.82 Å². The highest BCUT2D eigenvalue weighted by Gasteiger charge is 2.19. The molecule has 24 heavy (non-hydrogen) atoms. The number of benzene rings is 1. The molecule has 0 aliphatic carbocycles. The molecule has 1 atom stereocenters. The van der Waals surface area contributed by atoms with Crippen LogP contribution in [0, 0.1) is 12.8 Å². The molecule has 2 aromatic rings. The number of piperidine rings is 1. The number of aryl methyl sites for hydroxylation is 1. The first-order chi connectivity index (χ1) is 11.6. The number of carbonyl (C=O) groups excluding carboxylic acids is 1. The number of rotatable bonds is 4. The van der Waals surface area contributed by atoms with Crippen LogP contribution in [0.5, 0.6) is 0 Å². The van der Waals surface area contributed by atoms with E-state index in [2.05, 4.69) is 27.1 Å². The summed E-state index contributed by atoms with van der Waals surface area (Å²) in [5, 5.41) is 2.93. The normalized spacial score (nSPS) is 17.6. The fourth-order valence-electron chi connectivity index (χ4n) is 3.02. The van der Waals surface area contributed by atoms with Crippen molar-refractivity contribution in [2.75, 3.05) is 18.0 Å². The number of aromatic nitrogens is 2. The summed E-state index contributed by atoms with van der Waals surface area (Å²) < 4.78 is 0. The largest absolute Gasteiger partial charge is 0.356 e. The van der Waals surface area contributed by atoms with E-state index >= 15 is 0 Å². The zero-order chi connectivity index (χ0) is 16.9. The Morgan fingerprint density at radius 1 is 1.29 bits per heavy atom. The van der Waals surface area contributed by atoms with Crippen molar-refractivity contribution in [3.8, 4) is 0 Å². The maximum Gasteiger partial charge on any atom is 0.270 e. The molecule has 1 aliphatic heterocycles. The Morgan fingerprint density at radius 2 is 2.08 bits per heavy atom. The Balaban J connectivity index is 1.64. The monoisotopic (exact) mass is 324 g/mol. The lowest BCUT2D eigenvalue weighted by Gasteiger charge is -2.31. The molecule has 1 aromatic carbocycles. The molecule has 1 aromatic heterocycles. The van der Waals surface area contributed by atoms with Crippen LogP contribution in [-0.4, -0.2) is 29.0 Å². The van der Waals surface area contributed by atoms with Crippen molar-refractivity contribution in [3.63, 3.8) is 0 Å². The molecule has 0 bridgehead atoms. The maximum atomic E-state index is 12.4. The minimum Gasteiger partial charge on any atom is -0.356 e. The summed E-state index contributed by atoms with van der Waals surface area (Å²) in [5.41, 5.74) is 2.71. The van der Waals surface area contributed by atoms with E-state index in [1.54, 1.807) is 6.07 Å². The van der Waals surface area contributed by atoms with Gasteiger partial charge in [-0.05, 0) is 31.2 Å². The number of amides is 1. The van der Waals surface area contributed by atoms with Crippen LogP contribution in [0.3, 0.4) is 0 Å². The summed E-state index contributed by atoms with van der Waals surface area (Å²) in [7, 11) is 0. The Kier molecular flexibility index (Phi) is 5.08. The van der Waals surface area contributed by atoms with Crippen molar-refractivity contribution in [3.05, 3.63) is 53.5 Å². The SMILES string of the molecule is Cc1ccc(CNC(=O)c2cc(N3CCCC(C)C3)ncn2)cc1. The molecule has 2 heterocycles. The molecule has 1 fully saturated rings. The van der Waals surface area contributed by atoms with E-state index in [1.807, 2.05) is 31.2 Å². The lowest BCUT2D eigenvalue weighted by molar-refractivity contribution is 0.0945. The first kappa shape index (κ1) is 16.4. The van der Waals surface area contributed by atoms with E-state index < -0.39 is 0 Å². The average molecular weight is 324 g/mol. The topological polar surface area (TPSA) is 58.1 Å². The van der Waals surface area contributed by atoms with Crippen LogP contribution in [0.15, 0.2) is 36.7 Å². The molecule has 5 heteroatoms. The Hall–Kier alpha value is -2.43. The first-order valence-electron chi connectivity index (χ1n) is 8.52. The second kappa shape index (κ2) is 7.43. The summed E-state index contributed by atoms with van der Waals surface area (Å²) in [6.07, 6.45) is 3.90. The second-order valence-electron chi connectivity index (χ2n) is 6.62. The fourth-order valence-corrected chi connectivity index (χ4v) is 3.02. The number of hydrogen-bond donors (Lipinski definition) is 1. The molecule has 0 spiro atoms. The number of nitrogens with zero attached hydrogens (tertiary/aromatic N) is 3. The predicted octanol–water partition coefficient (Wildman–Crippen LogP) is 2.95. The van der Waals surface area contributed by atoms with Crippen LogP contribution in [0.1, 0.15) is 41.4 Å². The van der Waals surface area contributed by atoms with Gasteiger partial charge < -0.3 is 10.2 Å². The minimum atomic E-state index is -0.163. The van der Waals surface area contributed by atoms with Gasteiger partial charge in [0.2, 0.25) is 0 Å². The average Bonchev–Trinajstić information content (AvgIpc) is 2.61. The van der Waals surface area contributed by atoms with Crippen molar-refractivity contribution in [2.24, 2.45) is 5.92 Å². The molecule has 1 saturated heterocycles. The number of hydrogen-bond acceptors (Lipinski definition) is 4. The molecule has 0 saturated carbocycles. The van der Waals surface area contributed by atoms with Crippen molar-refractivity contribution < 1.29 is 4.79 Å². The van der Waals surface area contributed by atoms with Crippen molar-refractivity contribution >= 4 is 11.7 Å². The van der Waals surface area contributed by atoms with Gasteiger partial charge in [0.1, 0.15) is 17.8 Å². The van der Waals surface area contributed by atoms with E-state index in [1.165, 1.54) is 24.7 Å². The molecule has 126 valence electrons. The summed E-state index contributed by atoms with van der Waals surface area (Å²) in [4.78, 5) is 23.1. The Labute approximate surface area is 143 Å². The third-order valence-corrected chi connectivity index (χ3v) is 4.44. The third kappa shape index (κ3) is 4.10. The molecular weight excluding hydrogens is 300 g/mol. The maximum absolute atomic E-state index is 12.4. The van der Waals surface area contributed by atoms with E-state index in [4.69, 9.17) is 0 Å². The smallest absolute Gasteiger partial charge is 0.270 e. The van der Waals surface area contributed by atoms with Crippen LogP contribution < -0.4 is 10.2 Å². The Morgan fingerprint density at radius 3 is 2.83 bits per heavy atom. The van der Waals surface area contributed by atoms with Gasteiger partial charge in [-0.1, -0.05) is 36.8 Å². The van der Waals surface area contributed by atoms with E-state index in [-0.39, 0.29) is 5.91 Å². The fraction of sp³-hybridized carbons (Fsp3) is 0.421. The Bertz CT molecular complexity index is 699. The lowest BCUT2D eigenvalue weighted by atomic mass is 10.0. The zero-order valence-electron chi connectivity index (χ0n) is 14.3. The van der Waals surface area contributed by atoms with Gasteiger partial charge in [-0.2, -0.15) is 0 Å². The minimum absolute atomic E-state index is 0.163. The van der Waals surface area contributed by atoms with Crippen molar-refractivity contribution in [2.45, 2.75) is 33.2 Å². The van der Waals surface area contributed by atoms with Crippen LogP contribution >= 0.6 is 0 Å². The van der Waals surface area contributed by atoms with Gasteiger partial charge in [0.15, 0.2) is 0 Å². The van der Waals surface area contributed by atoms with Gasteiger partial charge in [0.25, 0.3) is 5.91 Å². The van der Waals surface area contributed by atoms with Crippen molar-refractivity contribution in [1.29, 1.82) is 0 Å². The molecule has 3 rings (SSSR count). The molecule has 1 amide bonds. The predicted molar refractivity (Wildman–Crippen MR) is 95.0 cm³/mol. The third-order valence-electron chi connectivity index (χ3n) is 4.44. The van der Waals surface area contributed by atoms with Gasteiger partial charge in [0, 0.05) is 25.7 Å². The second-order valence-corrected chi connectivity index (χ2v) is 6.62.